The molecule has 0 saturated heterocycles. The summed E-state index contributed by atoms with van der Waals surface area (Å²) in [5, 5.41) is 9.52. The monoisotopic (exact) mass is 94.0 g/mol. The van der Waals surface area contributed by atoms with Crippen molar-refractivity contribution in [2.75, 3.05) is 0 Å². The van der Waals surface area contributed by atoms with Gasteiger partial charge in [0.25, 0.3) is 0 Å². The van der Waals surface area contributed by atoms with Gasteiger partial charge < -0.3 is 0 Å². The number of allylic oxidation sites excluding steroid dienone is 4. The minimum absolute atomic E-state index is 0.694. The zero-order valence-electron chi connectivity index (χ0n) is 3.87. The molecule has 1 nitrogen and oxygen atoms in total. The Kier molecular flexibility index (Phi) is 4.32. The Bertz CT molecular complexity index is 90.4. The second-order valence-electron chi connectivity index (χ2n) is 0.906. The Hall–Kier alpha value is -0.980. The van der Waals surface area contributed by atoms with Crippen LogP contribution >= 0.6 is 0 Å². The third kappa shape index (κ3) is 5.02. The molecule has 0 fully saturated rings. The van der Waals surface area contributed by atoms with Gasteiger partial charge in [-0.3, -0.25) is 5.11 Å². The average molecular weight is 94.1 g/mol. The van der Waals surface area contributed by atoms with Gasteiger partial charge in [0.1, 0.15) is 6.26 Å². The summed E-state index contributed by atoms with van der Waals surface area (Å²) in [5.41, 5.74) is 0. The van der Waals surface area contributed by atoms with Crippen LogP contribution in [0.5, 0.6) is 0 Å². The van der Waals surface area contributed by atoms with Crippen LogP contribution in [0, 0.1) is 6.58 Å². The average Bonchev–Trinajstić information content (AvgIpc) is 1.69. The first-order valence-electron chi connectivity index (χ1n) is 1.90. The van der Waals surface area contributed by atoms with Gasteiger partial charge in [-0.1, -0.05) is 24.8 Å². The lowest BCUT2D eigenvalue weighted by Crippen LogP contribution is -1.45. The topological polar surface area (TPSA) is 19.9 Å². The van der Waals surface area contributed by atoms with Gasteiger partial charge in [0.2, 0.25) is 0 Å². The van der Waals surface area contributed by atoms with E-state index in [9.17, 15) is 5.11 Å². The molecule has 36 valence electrons. The maximum absolute atomic E-state index is 9.52. The molecule has 0 aromatic heterocycles. The smallest absolute Gasteiger partial charge is 0.142 e. The molecule has 0 aliphatic heterocycles. The third-order valence-electron chi connectivity index (χ3n) is 0.412. The van der Waals surface area contributed by atoms with Crippen LogP contribution < -0.4 is 0 Å². The first-order chi connectivity index (χ1) is 3.41. The Morgan fingerprint density at radius 1 is 1.14 bits per heavy atom. The standard InChI is InChI=1S/C6H6O/c1-2-3-4-5-6-7/h1-6H. The van der Waals surface area contributed by atoms with Crippen molar-refractivity contribution in [3.63, 3.8) is 0 Å². The highest BCUT2D eigenvalue weighted by atomic mass is 16.2. The second kappa shape index (κ2) is 5.02. The molecule has 0 aromatic rings. The maximum atomic E-state index is 9.52. The van der Waals surface area contributed by atoms with Crippen molar-refractivity contribution in [1.82, 2.24) is 0 Å². The Balaban J connectivity index is 3.27. The van der Waals surface area contributed by atoms with Crippen molar-refractivity contribution in [2.45, 2.75) is 0 Å². The molecule has 0 saturated carbocycles. The third-order valence-corrected chi connectivity index (χ3v) is 0.412. The van der Waals surface area contributed by atoms with Crippen LogP contribution in [0.2, 0.25) is 0 Å². The van der Waals surface area contributed by atoms with Crippen molar-refractivity contribution >= 4 is 0 Å². The number of hydrogen-bond donors (Lipinski definition) is 0. The molecule has 0 spiro atoms. The van der Waals surface area contributed by atoms with Crippen LogP contribution in [0.25, 0.3) is 0 Å². The number of hydrogen-bond acceptors (Lipinski definition) is 0. The molecule has 2 radical (unpaired) electrons. The second-order valence-corrected chi connectivity index (χ2v) is 0.906. The van der Waals surface area contributed by atoms with Crippen molar-refractivity contribution < 1.29 is 5.11 Å². The first kappa shape index (κ1) is 6.02. The summed E-state index contributed by atoms with van der Waals surface area (Å²) in [6, 6.07) is 0. The van der Waals surface area contributed by atoms with Gasteiger partial charge >= 0.3 is 0 Å². The summed E-state index contributed by atoms with van der Waals surface area (Å²) >= 11 is 0. The first-order valence-corrected chi connectivity index (χ1v) is 1.90. The molecular formula is C6H6O. The SMILES string of the molecule is [CH]=CC=CC=C[O]. The Morgan fingerprint density at radius 3 is 2.29 bits per heavy atom. The highest BCUT2D eigenvalue weighted by Crippen LogP contribution is 1.73. The fraction of sp³-hybridized carbons (Fsp3) is 0. The molecule has 0 atom stereocenters. The van der Waals surface area contributed by atoms with E-state index in [0.717, 1.165) is 0 Å². The molecule has 0 aliphatic rings. The van der Waals surface area contributed by atoms with E-state index in [1.54, 1.807) is 12.2 Å². The zero-order chi connectivity index (χ0) is 5.54. The van der Waals surface area contributed by atoms with Gasteiger partial charge in [-0.25, -0.2) is 0 Å². The van der Waals surface area contributed by atoms with Crippen LogP contribution in [0.1, 0.15) is 0 Å². The lowest BCUT2D eigenvalue weighted by molar-refractivity contribution is 0.352. The van der Waals surface area contributed by atoms with Gasteiger partial charge in [-0.15, -0.1) is 0 Å². The molecule has 0 heterocycles. The molecule has 0 bridgehead atoms. The lowest BCUT2D eigenvalue weighted by Gasteiger charge is -1.62. The normalized spacial score (nSPS) is 10.9. The van der Waals surface area contributed by atoms with Gasteiger partial charge in [0.15, 0.2) is 0 Å². The fourth-order valence-corrected chi connectivity index (χ4v) is 0.174. The van der Waals surface area contributed by atoms with Crippen LogP contribution in [-0.4, -0.2) is 0 Å². The van der Waals surface area contributed by atoms with Gasteiger partial charge in [0, 0.05) is 0 Å². The maximum Gasteiger partial charge on any atom is 0.142 e. The lowest BCUT2D eigenvalue weighted by atomic mass is 10.5. The minimum atomic E-state index is 0.694. The summed E-state index contributed by atoms with van der Waals surface area (Å²) in [4.78, 5) is 0. The van der Waals surface area contributed by atoms with E-state index in [-0.39, 0.29) is 0 Å². The highest BCUT2D eigenvalue weighted by molar-refractivity contribution is 5.05. The van der Waals surface area contributed by atoms with E-state index in [2.05, 4.69) is 0 Å². The molecule has 0 N–H and O–H groups in total. The molecule has 7 heavy (non-hydrogen) atoms. The van der Waals surface area contributed by atoms with Crippen molar-refractivity contribution in [1.29, 1.82) is 0 Å². The Labute approximate surface area is 43.3 Å². The van der Waals surface area contributed by atoms with Crippen LogP contribution in [0.3, 0.4) is 0 Å². The minimum Gasteiger partial charge on any atom is -0.299 e. The van der Waals surface area contributed by atoms with E-state index in [1.165, 1.54) is 12.2 Å². The molecule has 0 amide bonds. The van der Waals surface area contributed by atoms with Crippen LogP contribution in [0.4, 0.5) is 0 Å². The van der Waals surface area contributed by atoms with Crippen LogP contribution in [-0.2, 0) is 5.11 Å². The quantitative estimate of drug-likeness (QED) is 0.365. The van der Waals surface area contributed by atoms with Crippen LogP contribution in [0.15, 0.2) is 30.6 Å². The van der Waals surface area contributed by atoms with Gasteiger partial charge in [-0.05, 0) is 6.08 Å². The molecule has 0 rings (SSSR count). The zero-order valence-corrected chi connectivity index (χ0v) is 3.87. The fourth-order valence-electron chi connectivity index (χ4n) is 0.174. The van der Waals surface area contributed by atoms with E-state index in [1.807, 2.05) is 0 Å². The van der Waals surface area contributed by atoms with Crippen molar-refractivity contribution in [2.24, 2.45) is 0 Å². The summed E-state index contributed by atoms with van der Waals surface area (Å²) in [6.45, 7) is 4.92. The predicted octanol–water partition coefficient (Wildman–Crippen LogP) is 1.48. The number of rotatable bonds is 2. The molecule has 0 aromatic carbocycles. The van der Waals surface area contributed by atoms with E-state index in [0.29, 0.717) is 6.26 Å². The Morgan fingerprint density at radius 2 is 1.86 bits per heavy atom. The molecular weight excluding hydrogens is 88.1 g/mol. The summed E-state index contributed by atoms with van der Waals surface area (Å²) in [7, 11) is 0. The van der Waals surface area contributed by atoms with Gasteiger partial charge in [-0.2, -0.15) is 0 Å². The molecule has 1 heteroatoms. The van der Waals surface area contributed by atoms with E-state index < -0.39 is 0 Å². The van der Waals surface area contributed by atoms with E-state index >= 15 is 0 Å². The van der Waals surface area contributed by atoms with Crippen molar-refractivity contribution in [3.05, 3.63) is 37.1 Å². The summed E-state index contributed by atoms with van der Waals surface area (Å²) in [6.07, 6.45) is 6.56. The summed E-state index contributed by atoms with van der Waals surface area (Å²) < 4.78 is 0. The predicted molar refractivity (Wildman–Crippen MR) is 27.8 cm³/mol. The molecule has 0 aliphatic carbocycles. The summed E-state index contributed by atoms with van der Waals surface area (Å²) in [5.74, 6) is 0. The molecule has 0 unspecified atom stereocenters. The highest BCUT2D eigenvalue weighted by Gasteiger charge is 1.55. The largest absolute Gasteiger partial charge is 0.299 e. The van der Waals surface area contributed by atoms with E-state index in [4.69, 9.17) is 6.58 Å². The van der Waals surface area contributed by atoms with Crippen molar-refractivity contribution in [3.8, 4) is 0 Å². The van der Waals surface area contributed by atoms with Gasteiger partial charge in [0.05, 0.1) is 0 Å².